The predicted octanol–water partition coefficient (Wildman–Crippen LogP) is 4.16. The summed E-state index contributed by atoms with van der Waals surface area (Å²) < 4.78 is 24.8. The number of aromatic nitrogens is 1. The van der Waals surface area contributed by atoms with Gasteiger partial charge in [-0.05, 0) is 47.7 Å². The van der Waals surface area contributed by atoms with E-state index in [-0.39, 0.29) is 29.8 Å². The number of ether oxygens (including phenoxy) is 2. The molecule has 0 spiro atoms. The van der Waals surface area contributed by atoms with E-state index in [4.69, 9.17) is 14.9 Å². The van der Waals surface area contributed by atoms with Gasteiger partial charge in [-0.1, -0.05) is 12.1 Å². The Hall–Kier alpha value is -3.85. The monoisotopic (exact) mass is 477 g/mol. The van der Waals surface area contributed by atoms with Crippen molar-refractivity contribution in [1.29, 1.82) is 5.41 Å². The summed E-state index contributed by atoms with van der Waals surface area (Å²) in [6, 6.07) is 11.0. The number of fused-ring (bicyclic) bond motifs is 1. The summed E-state index contributed by atoms with van der Waals surface area (Å²) in [6.45, 7) is 1.37. The van der Waals surface area contributed by atoms with Crippen molar-refractivity contribution >= 4 is 34.4 Å². The molecule has 0 radical (unpaired) electrons. The minimum atomic E-state index is -0.825. The third-order valence-corrected chi connectivity index (χ3v) is 5.89. The molecule has 8 nitrogen and oxygen atoms in total. The minimum Gasteiger partial charge on any atom is -0.494 e. The molecule has 1 amide bonds. The third-order valence-electron chi connectivity index (χ3n) is 5.89. The van der Waals surface area contributed by atoms with Gasteiger partial charge >= 0.3 is 0 Å². The van der Waals surface area contributed by atoms with Gasteiger partial charge in [0, 0.05) is 49.1 Å². The van der Waals surface area contributed by atoms with Gasteiger partial charge in [0.1, 0.15) is 5.82 Å². The summed E-state index contributed by atoms with van der Waals surface area (Å²) in [5, 5.41) is 16.5. The molecule has 2 atom stereocenters. The lowest BCUT2D eigenvalue weighted by Crippen LogP contribution is -2.33. The lowest BCUT2D eigenvalue weighted by atomic mass is 9.99. The Morgan fingerprint density at radius 2 is 2.17 bits per heavy atom. The van der Waals surface area contributed by atoms with Crippen LogP contribution in [0.4, 0.5) is 10.2 Å². The van der Waals surface area contributed by atoms with E-state index in [0.29, 0.717) is 17.7 Å². The molecule has 1 saturated heterocycles. The van der Waals surface area contributed by atoms with Gasteiger partial charge in [0.2, 0.25) is 0 Å². The molecule has 1 aliphatic heterocycles. The zero-order chi connectivity index (χ0) is 24.8. The number of benzene rings is 2. The van der Waals surface area contributed by atoms with Crippen LogP contribution in [0.1, 0.15) is 34.8 Å². The van der Waals surface area contributed by atoms with Crippen molar-refractivity contribution in [2.24, 2.45) is 4.99 Å². The lowest BCUT2D eigenvalue weighted by molar-refractivity contribution is 0.0946. The van der Waals surface area contributed by atoms with Crippen LogP contribution < -0.4 is 15.4 Å². The largest absolute Gasteiger partial charge is 0.494 e. The fourth-order valence-electron chi connectivity index (χ4n) is 3.97. The number of hydrogen-bond donors (Lipinski definition) is 3. The summed E-state index contributed by atoms with van der Waals surface area (Å²) in [7, 11) is 3.00. The third kappa shape index (κ3) is 5.81. The smallest absolute Gasteiger partial charge is 0.252 e. The van der Waals surface area contributed by atoms with Crippen LogP contribution in [-0.4, -0.2) is 56.2 Å². The van der Waals surface area contributed by atoms with Gasteiger partial charge < -0.3 is 30.5 Å². The topological polar surface area (TPSA) is 109 Å². The molecule has 1 fully saturated rings. The number of carbonyl (C=O) groups is 1. The highest BCUT2D eigenvalue weighted by molar-refractivity contribution is 6.04. The second kappa shape index (κ2) is 11.1. The Balaban J connectivity index is 1.58. The van der Waals surface area contributed by atoms with Crippen LogP contribution in [0.25, 0.3) is 10.8 Å². The molecule has 1 aliphatic rings. The Kier molecular flexibility index (Phi) is 7.67. The number of amides is 1. The second-order valence-electron chi connectivity index (χ2n) is 8.31. The molecule has 3 aromatic rings. The number of aliphatic imine (C=N–C) groups is 1. The molecule has 1 aromatic heterocycles. The maximum atomic E-state index is 14.4. The van der Waals surface area contributed by atoms with Gasteiger partial charge in [-0.15, -0.1) is 0 Å². The van der Waals surface area contributed by atoms with Crippen LogP contribution in [0.15, 0.2) is 53.7 Å². The predicted molar refractivity (Wildman–Crippen MR) is 135 cm³/mol. The van der Waals surface area contributed by atoms with E-state index in [2.05, 4.69) is 20.6 Å². The molecular formula is C26H28FN5O3. The highest BCUT2D eigenvalue weighted by Crippen LogP contribution is 2.25. The van der Waals surface area contributed by atoms with E-state index >= 15 is 0 Å². The van der Waals surface area contributed by atoms with Crippen molar-refractivity contribution in [2.45, 2.75) is 24.9 Å². The summed E-state index contributed by atoms with van der Waals surface area (Å²) in [5.74, 6) is -0.121. The Bertz CT molecular complexity index is 1260. The molecule has 0 saturated carbocycles. The number of halogens is 1. The highest BCUT2D eigenvalue weighted by Gasteiger charge is 2.22. The van der Waals surface area contributed by atoms with Gasteiger partial charge in [0.05, 0.1) is 25.8 Å². The summed E-state index contributed by atoms with van der Waals surface area (Å²) >= 11 is 0. The van der Waals surface area contributed by atoms with E-state index in [1.165, 1.54) is 19.2 Å². The molecule has 3 N–H and O–H groups in total. The first kappa shape index (κ1) is 24.3. The molecule has 0 aliphatic carbocycles. The SMILES string of the molecule is CN=CCC(=N)C(NC(=O)c1ccc2cnc(NC3CCOC3)cc2c1)c1ccc(OC)c(F)c1. The zero-order valence-corrected chi connectivity index (χ0v) is 19.7. The summed E-state index contributed by atoms with van der Waals surface area (Å²) in [6.07, 6.45) is 4.48. The second-order valence-corrected chi connectivity index (χ2v) is 8.31. The van der Waals surface area contributed by atoms with E-state index in [0.717, 1.165) is 29.6 Å². The normalized spacial score (nSPS) is 16.4. The number of rotatable bonds is 9. The van der Waals surface area contributed by atoms with Gasteiger partial charge in [-0.2, -0.15) is 0 Å². The van der Waals surface area contributed by atoms with Gasteiger partial charge in [0.15, 0.2) is 11.6 Å². The van der Waals surface area contributed by atoms with E-state index in [1.807, 2.05) is 12.1 Å². The van der Waals surface area contributed by atoms with Crippen molar-refractivity contribution in [3.8, 4) is 5.75 Å². The van der Waals surface area contributed by atoms with Crippen LogP contribution in [0.5, 0.6) is 5.75 Å². The van der Waals surface area contributed by atoms with Crippen LogP contribution >= 0.6 is 0 Å². The zero-order valence-electron chi connectivity index (χ0n) is 19.7. The Morgan fingerprint density at radius 1 is 1.31 bits per heavy atom. The van der Waals surface area contributed by atoms with Crippen molar-refractivity contribution < 1.29 is 18.7 Å². The van der Waals surface area contributed by atoms with Crippen molar-refractivity contribution in [2.75, 3.05) is 32.7 Å². The molecule has 9 heteroatoms. The molecule has 4 rings (SSSR count). The average Bonchev–Trinajstić information content (AvgIpc) is 3.38. The number of methoxy groups -OCH3 is 1. The van der Waals surface area contributed by atoms with Gasteiger partial charge in [0.25, 0.3) is 5.91 Å². The molecule has 0 bridgehead atoms. The molecular weight excluding hydrogens is 449 g/mol. The lowest BCUT2D eigenvalue weighted by Gasteiger charge is -2.20. The number of hydrogen-bond acceptors (Lipinski definition) is 7. The van der Waals surface area contributed by atoms with Gasteiger partial charge in [-0.25, -0.2) is 9.37 Å². The number of nitrogens with zero attached hydrogens (tertiary/aromatic N) is 2. The number of pyridine rings is 1. The quantitative estimate of drug-likeness (QED) is 0.401. The first-order chi connectivity index (χ1) is 17.0. The summed E-state index contributed by atoms with van der Waals surface area (Å²) in [5.41, 5.74) is 1.06. The molecule has 2 aromatic carbocycles. The van der Waals surface area contributed by atoms with Crippen molar-refractivity contribution in [3.05, 3.63) is 65.6 Å². The fraction of sp³-hybridized carbons (Fsp3) is 0.308. The standard InChI is InChI=1S/C26H28FN5O3/c1-29-9-7-22(28)25(16-5-6-23(34-2)21(27)12-16)32-26(33)17-3-4-18-14-30-24(13-19(18)11-17)31-20-8-10-35-15-20/h3-6,9,11-14,20,25,28H,7-8,10,15H2,1-2H3,(H,30,31)(H,32,33). The van der Waals surface area contributed by atoms with E-state index in [9.17, 15) is 9.18 Å². The van der Waals surface area contributed by atoms with Crippen molar-refractivity contribution in [3.63, 3.8) is 0 Å². The van der Waals surface area contributed by atoms with Crippen LogP contribution in [-0.2, 0) is 4.74 Å². The molecule has 2 heterocycles. The van der Waals surface area contributed by atoms with E-state index in [1.54, 1.807) is 37.7 Å². The molecule has 182 valence electrons. The van der Waals surface area contributed by atoms with Crippen molar-refractivity contribution in [1.82, 2.24) is 10.3 Å². The Labute approximate surface area is 203 Å². The van der Waals surface area contributed by atoms with Crippen LogP contribution in [0.2, 0.25) is 0 Å². The van der Waals surface area contributed by atoms with E-state index < -0.39 is 11.9 Å². The molecule has 2 unspecified atom stereocenters. The number of anilines is 1. The molecule has 35 heavy (non-hydrogen) atoms. The Morgan fingerprint density at radius 3 is 2.89 bits per heavy atom. The maximum absolute atomic E-state index is 14.4. The average molecular weight is 478 g/mol. The fourth-order valence-corrected chi connectivity index (χ4v) is 3.97. The first-order valence-electron chi connectivity index (χ1n) is 11.3. The minimum absolute atomic E-state index is 0.0946. The maximum Gasteiger partial charge on any atom is 0.252 e. The number of nitrogens with one attached hydrogen (secondary N) is 3. The highest BCUT2D eigenvalue weighted by atomic mass is 19.1. The van der Waals surface area contributed by atoms with Gasteiger partial charge in [-0.3, -0.25) is 4.79 Å². The van der Waals surface area contributed by atoms with Crippen LogP contribution in [0, 0.1) is 11.2 Å². The summed E-state index contributed by atoms with van der Waals surface area (Å²) in [4.78, 5) is 21.6. The van der Waals surface area contributed by atoms with Crippen LogP contribution in [0.3, 0.4) is 0 Å². The number of carbonyl (C=O) groups excluding carboxylic acids is 1. The first-order valence-corrected chi connectivity index (χ1v) is 11.3.